The standard InChI is InChI=1S/C18H24N2O4/c1-2-3-11-24-16-6-4-15(5-7-16)20-18(22)19-10-8-17(21)14-9-12-23-13-14/h4-7,9,12-13,17,21H,2-3,8,10-11H2,1H3,(H2,19,20,22). The number of aliphatic hydroxyl groups excluding tert-OH is 1. The molecule has 0 aliphatic carbocycles. The number of carbonyl (C=O) groups is 1. The fraction of sp³-hybridized carbons (Fsp3) is 0.389. The van der Waals surface area contributed by atoms with Crippen molar-refractivity contribution in [2.45, 2.75) is 32.3 Å². The van der Waals surface area contributed by atoms with Crippen molar-refractivity contribution in [3.63, 3.8) is 0 Å². The van der Waals surface area contributed by atoms with Gasteiger partial charge >= 0.3 is 6.03 Å². The number of urea groups is 1. The average Bonchev–Trinajstić information content (AvgIpc) is 3.11. The number of rotatable bonds is 9. The summed E-state index contributed by atoms with van der Waals surface area (Å²) in [5, 5.41) is 15.3. The highest BCUT2D eigenvalue weighted by molar-refractivity contribution is 5.89. The van der Waals surface area contributed by atoms with Crippen molar-refractivity contribution >= 4 is 11.7 Å². The van der Waals surface area contributed by atoms with Crippen molar-refractivity contribution in [2.24, 2.45) is 0 Å². The fourth-order valence-corrected chi connectivity index (χ4v) is 2.10. The summed E-state index contributed by atoms with van der Waals surface area (Å²) < 4.78 is 10.5. The van der Waals surface area contributed by atoms with Gasteiger partial charge in [-0.1, -0.05) is 13.3 Å². The number of unbranched alkanes of at least 4 members (excludes halogenated alkanes) is 1. The number of nitrogens with one attached hydrogen (secondary N) is 2. The van der Waals surface area contributed by atoms with E-state index in [0.29, 0.717) is 30.8 Å². The van der Waals surface area contributed by atoms with Gasteiger partial charge in [0, 0.05) is 17.8 Å². The zero-order valence-electron chi connectivity index (χ0n) is 13.8. The van der Waals surface area contributed by atoms with Crippen molar-refractivity contribution < 1.29 is 19.1 Å². The van der Waals surface area contributed by atoms with Crippen LogP contribution in [0.3, 0.4) is 0 Å². The van der Waals surface area contributed by atoms with Gasteiger partial charge in [-0.2, -0.15) is 0 Å². The van der Waals surface area contributed by atoms with Gasteiger partial charge in [0.2, 0.25) is 0 Å². The van der Waals surface area contributed by atoms with Crippen LogP contribution in [0.1, 0.15) is 37.9 Å². The molecule has 1 aromatic carbocycles. The van der Waals surface area contributed by atoms with E-state index in [-0.39, 0.29) is 6.03 Å². The molecule has 6 nitrogen and oxygen atoms in total. The summed E-state index contributed by atoms with van der Waals surface area (Å²) in [4.78, 5) is 11.8. The Labute approximate surface area is 141 Å². The van der Waals surface area contributed by atoms with Crippen LogP contribution in [0, 0.1) is 0 Å². The third-order valence-electron chi connectivity index (χ3n) is 3.51. The number of ether oxygens (including phenoxy) is 1. The smallest absolute Gasteiger partial charge is 0.319 e. The largest absolute Gasteiger partial charge is 0.494 e. The number of anilines is 1. The number of carbonyl (C=O) groups excluding carboxylic acids is 1. The maximum Gasteiger partial charge on any atom is 0.319 e. The first kappa shape index (κ1) is 17.9. The molecular formula is C18H24N2O4. The second-order valence-corrected chi connectivity index (χ2v) is 5.47. The summed E-state index contributed by atoms with van der Waals surface area (Å²) in [6.07, 6.45) is 4.88. The number of benzene rings is 1. The van der Waals surface area contributed by atoms with Gasteiger partial charge in [-0.05, 0) is 43.2 Å². The predicted molar refractivity (Wildman–Crippen MR) is 92.2 cm³/mol. The number of furan rings is 1. The summed E-state index contributed by atoms with van der Waals surface area (Å²) in [6, 6.07) is 8.63. The van der Waals surface area contributed by atoms with Crippen LogP contribution in [0.25, 0.3) is 0 Å². The van der Waals surface area contributed by atoms with Crippen molar-refractivity contribution in [2.75, 3.05) is 18.5 Å². The van der Waals surface area contributed by atoms with Crippen LogP contribution in [0.2, 0.25) is 0 Å². The lowest BCUT2D eigenvalue weighted by atomic mass is 10.1. The van der Waals surface area contributed by atoms with E-state index in [1.807, 2.05) is 12.1 Å². The highest BCUT2D eigenvalue weighted by Crippen LogP contribution is 2.17. The summed E-state index contributed by atoms with van der Waals surface area (Å²) in [5.74, 6) is 0.789. The zero-order valence-corrected chi connectivity index (χ0v) is 13.8. The molecular weight excluding hydrogens is 308 g/mol. The quantitative estimate of drug-likeness (QED) is 0.611. The molecule has 0 saturated carbocycles. The normalized spacial score (nSPS) is 11.8. The maximum atomic E-state index is 11.8. The van der Waals surface area contributed by atoms with E-state index in [1.165, 1.54) is 12.5 Å². The predicted octanol–water partition coefficient (Wildman–Crippen LogP) is 3.70. The first-order chi connectivity index (χ1) is 11.7. The highest BCUT2D eigenvalue weighted by Gasteiger charge is 2.09. The average molecular weight is 332 g/mol. The summed E-state index contributed by atoms with van der Waals surface area (Å²) >= 11 is 0. The second kappa shape index (κ2) is 9.62. The minimum Gasteiger partial charge on any atom is -0.494 e. The van der Waals surface area contributed by atoms with E-state index >= 15 is 0 Å². The number of hydrogen-bond acceptors (Lipinski definition) is 4. The topological polar surface area (TPSA) is 83.7 Å². The van der Waals surface area contributed by atoms with Gasteiger partial charge in [0.05, 0.1) is 25.2 Å². The third-order valence-corrected chi connectivity index (χ3v) is 3.51. The molecule has 6 heteroatoms. The lowest BCUT2D eigenvalue weighted by Crippen LogP contribution is -2.30. The van der Waals surface area contributed by atoms with E-state index < -0.39 is 6.10 Å². The van der Waals surface area contributed by atoms with Gasteiger partial charge in [0.15, 0.2) is 0 Å². The summed E-state index contributed by atoms with van der Waals surface area (Å²) in [7, 11) is 0. The Balaban J connectivity index is 1.68. The van der Waals surface area contributed by atoms with E-state index in [2.05, 4.69) is 17.6 Å². The molecule has 2 amide bonds. The van der Waals surface area contributed by atoms with Gasteiger partial charge < -0.3 is 24.9 Å². The monoisotopic (exact) mass is 332 g/mol. The zero-order chi connectivity index (χ0) is 17.2. The molecule has 0 fully saturated rings. The lowest BCUT2D eigenvalue weighted by Gasteiger charge is -2.11. The van der Waals surface area contributed by atoms with E-state index in [0.717, 1.165) is 18.6 Å². The molecule has 24 heavy (non-hydrogen) atoms. The molecule has 130 valence electrons. The maximum absolute atomic E-state index is 11.8. The number of aliphatic hydroxyl groups is 1. The molecule has 0 saturated heterocycles. The van der Waals surface area contributed by atoms with Crippen LogP contribution >= 0.6 is 0 Å². The van der Waals surface area contributed by atoms with Crippen LogP contribution in [-0.4, -0.2) is 24.3 Å². The molecule has 0 spiro atoms. The Bertz CT molecular complexity index is 596. The van der Waals surface area contributed by atoms with Crippen molar-refractivity contribution in [3.05, 3.63) is 48.4 Å². The molecule has 1 heterocycles. The summed E-state index contributed by atoms with van der Waals surface area (Å²) in [6.45, 7) is 3.17. The molecule has 0 aliphatic heterocycles. The van der Waals surface area contributed by atoms with Crippen LogP contribution in [0.5, 0.6) is 5.75 Å². The van der Waals surface area contributed by atoms with Crippen LogP contribution in [0.15, 0.2) is 47.3 Å². The van der Waals surface area contributed by atoms with E-state index in [1.54, 1.807) is 18.2 Å². The van der Waals surface area contributed by atoms with Gasteiger partial charge in [-0.25, -0.2) is 4.79 Å². The van der Waals surface area contributed by atoms with Crippen LogP contribution < -0.4 is 15.4 Å². The first-order valence-electron chi connectivity index (χ1n) is 8.17. The molecule has 1 aromatic heterocycles. The van der Waals surface area contributed by atoms with Gasteiger partial charge in [-0.15, -0.1) is 0 Å². The van der Waals surface area contributed by atoms with Gasteiger partial charge in [0.1, 0.15) is 5.75 Å². The Kier molecular flexibility index (Phi) is 7.17. The SMILES string of the molecule is CCCCOc1ccc(NC(=O)NCCC(O)c2ccoc2)cc1. The second-order valence-electron chi connectivity index (χ2n) is 5.47. The third kappa shape index (κ3) is 5.96. The first-order valence-corrected chi connectivity index (χ1v) is 8.17. The Hall–Kier alpha value is -2.47. The molecule has 0 radical (unpaired) electrons. The Morgan fingerprint density at radius 1 is 1.29 bits per heavy atom. The Morgan fingerprint density at radius 3 is 2.75 bits per heavy atom. The molecule has 3 N–H and O–H groups in total. The highest BCUT2D eigenvalue weighted by atomic mass is 16.5. The van der Waals surface area contributed by atoms with Gasteiger partial charge in [0.25, 0.3) is 0 Å². The molecule has 0 aliphatic rings. The van der Waals surface area contributed by atoms with Crippen LogP contribution in [0.4, 0.5) is 10.5 Å². The van der Waals surface area contributed by atoms with E-state index in [9.17, 15) is 9.90 Å². The van der Waals surface area contributed by atoms with Crippen molar-refractivity contribution in [1.82, 2.24) is 5.32 Å². The minimum absolute atomic E-state index is 0.311. The molecule has 1 unspecified atom stereocenters. The Morgan fingerprint density at radius 2 is 2.08 bits per heavy atom. The van der Waals surface area contributed by atoms with Crippen molar-refractivity contribution in [3.8, 4) is 5.75 Å². The minimum atomic E-state index is -0.649. The van der Waals surface area contributed by atoms with Crippen molar-refractivity contribution in [1.29, 1.82) is 0 Å². The number of hydrogen-bond donors (Lipinski definition) is 3. The van der Waals surface area contributed by atoms with Crippen LogP contribution in [-0.2, 0) is 0 Å². The number of amides is 2. The van der Waals surface area contributed by atoms with E-state index in [4.69, 9.17) is 9.15 Å². The molecule has 1 atom stereocenters. The van der Waals surface area contributed by atoms with Gasteiger partial charge in [-0.3, -0.25) is 0 Å². The molecule has 2 rings (SSSR count). The fourth-order valence-electron chi connectivity index (χ4n) is 2.10. The molecule has 2 aromatic rings. The summed E-state index contributed by atoms with van der Waals surface area (Å²) in [5.41, 5.74) is 1.39. The lowest BCUT2D eigenvalue weighted by molar-refractivity contribution is 0.166. The molecule has 0 bridgehead atoms.